The van der Waals surface area contributed by atoms with Gasteiger partial charge in [0.05, 0.1) is 13.2 Å². The van der Waals surface area contributed by atoms with E-state index in [1.807, 2.05) is 12.3 Å². The monoisotopic (exact) mass is 276 g/mol. The van der Waals surface area contributed by atoms with Gasteiger partial charge in [0, 0.05) is 31.9 Å². The van der Waals surface area contributed by atoms with Crippen molar-refractivity contribution in [2.45, 2.75) is 38.6 Å². The predicted octanol–water partition coefficient (Wildman–Crippen LogP) is 2.08. The number of rotatable bonds is 3. The largest absolute Gasteiger partial charge is 0.378 e. The van der Waals surface area contributed by atoms with Crippen LogP contribution in [-0.2, 0) is 4.74 Å². The molecule has 1 atom stereocenters. The lowest BCUT2D eigenvalue weighted by Crippen LogP contribution is -2.41. The quantitative estimate of drug-likeness (QED) is 0.845. The van der Waals surface area contributed by atoms with Gasteiger partial charge in [-0.05, 0) is 31.7 Å². The molecule has 0 aromatic carbocycles. The van der Waals surface area contributed by atoms with E-state index in [1.54, 1.807) is 0 Å². The third-order valence-electron chi connectivity index (χ3n) is 4.32. The van der Waals surface area contributed by atoms with Crippen LogP contribution < -0.4 is 9.80 Å². The van der Waals surface area contributed by atoms with Crippen LogP contribution in [0.3, 0.4) is 0 Å². The van der Waals surface area contributed by atoms with Crippen LogP contribution in [0.1, 0.15) is 32.6 Å². The van der Waals surface area contributed by atoms with Crippen LogP contribution in [0.15, 0.2) is 12.3 Å². The summed E-state index contributed by atoms with van der Waals surface area (Å²) in [6, 6.07) is 2.61. The highest BCUT2D eigenvalue weighted by atomic mass is 16.5. The topological polar surface area (TPSA) is 41.5 Å². The van der Waals surface area contributed by atoms with Crippen LogP contribution in [0.2, 0.25) is 0 Å². The summed E-state index contributed by atoms with van der Waals surface area (Å²) in [5.74, 6) is 1.94. The van der Waals surface area contributed by atoms with Crippen molar-refractivity contribution in [2.75, 3.05) is 42.6 Å². The van der Waals surface area contributed by atoms with Gasteiger partial charge >= 0.3 is 0 Å². The lowest BCUT2D eigenvalue weighted by atomic mass is 10.0. The molecule has 2 aliphatic rings. The molecule has 20 heavy (non-hydrogen) atoms. The summed E-state index contributed by atoms with van der Waals surface area (Å²) in [6.45, 7) is 6.78. The van der Waals surface area contributed by atoms with E-state index in [0.29, 0.717) is 6.04 Å². The Labute approximate surface area is 121 Å². The number of ether oxygens (including phenoxy) is 1. The molecule has 0 N–H and O–H groups in total. The number of anilines is 2. The maximum atomic E-state index is 5.41. The Morgan fingerprint density at radius 2 is 2.10 bits per heavy atom. The van der Waals surface area contributed by atoms with Gasteiger partial charge in [-0.15, -0.1) is 0 Å². The van der Waals surface area contributed by atoms with Gasteiger partial charge in [0.1, 0.15) is 5.82 Å². The van der Waals surface area contributed by atoms with E-state index >= 15 is 0 Å². The van der Waals surface area contributed by atoms with Gasteiger partial charge in [0.25, 0.3) is 0 Å². The van der Waals surface area contributed by atoms with Gasteiger partial charge in [0.15, 0.2) is 0 Å². The molecule has 5 heteroatoms. The molecule has 0 amide bonds. The molecule has 1 aromatic heterocycles. The highest BCUT2D eigenvalue weighted by molar-refractivity contribution is 5.44. The molecule has 0 radical (unpaired) electrons. The first-order chi connectivity index (χ1) is 9.88. The van der Waals surface area contributed by atoms with E-state index < -0.39 is 0 Å². The number of morpholine rings is 1. The van der Waals surface area contributed by atoms with Crippen LogP contribution in [0.5, 0.6) is 0 Å². The molecule has 0 spiro atoms. The molecular formula is C15H24N4O. The molecule has 0 aliphatic carbocycles. The van der Waals surface area contributed by atoms with Crippen LogP contribution in [0, 0.1) is 0 Å². The second-order valence-corrected chi connectivity index (χ2v) is 5.57. The second-order valence-electron chi connectivity index (χ2n) is 5.57. The van der Waals surface area contributed by atoms with Crippen molar-refractivity contribution >= 4 is 11.8 Å². The van der Waals surface area contributed by atoms with Gasteiger partial charge < -0.3 is 14.5 Å². The Morgan fingerprint density at radius 1 is 1.25 bits per heavy atom. The van der Waals surface area contributed by atoms with Crippen LogP contribution in [-0.4, -0.2) is 48.9 Å². The zero-order valence-electron chi connectivity index (χ0n) is 12.3. The smallest absolute Gasteiger partial charge is 0.227 e. The molecule has 3 rings (SSSR count). The van der Waals surface area contributed by atoms with E-state index in [2.05, 4.69) is 21.7 Å². The lowest BCUT2D eigenvalue weighted by Gasteiger charge is -2.36. The third-order valence-corrected chi connectivity index (χ3v) is 4.32. The number of hydrogen-bond donors (Lipinski definition) is 0. The van der Waals surface area contributed by atoms with E-state index in [9.17, 15) is 0 Å². The Bertz CT molecular complexity index is 434. The minimum absolute atomic E-state index is 0.601. The molecule has 5 nitrogen and oxygen atoms in total. The summed E-state index contributed by atoms with van der Waals surface area (Å²) < 4.78 is 5.41. The van der Waals surface area contributed by atoms with Crippen molar-refractivity contribution in [1.82, 2.24) is 9.97 Å². The maximum absolute atomic E-state index is 5.41. The molecule has 2 saturated heterocycles. The van der Waals surface area contributed by atoms with Crippen LogP contribution in [0.25, 0.3) is 0 Å². The molecule has 2 fully saturated rings. The first-order valence-corrected chi connectivity index (χ1v) is 7.81. The Hall–Kier alpha value is -1.36. The summed E-state index contributed by atoms with van der Waals surface area (Å²) in [7, 11) is 0. The fraction of sp³-hybridized carbons (Fsp3) is 0.733. The fourth-order valence-electron chi connectivity index (χ4n) is 3.13. The van der Waals surface area contributed by atoms with Crippen molar-refractivity contribution < 1.29 is 4.74 Å². The van der Waals surface area contributed by atoms with Gasteiger partial charge in [-0.1, -0.05) is 6.92 Å². The van der Waals surface area contributed by atoms with Crippen LogP contribution >= 0.6 is 0 Å². The number of nitrogens with zero attached hydrogens (tertiary/aromatic N) is 4. The average molecular weight is 276 g/mol. The summed E-state index contributed by atoms with van der Waals surface area (Å²) in [5, 5.41) is 0. The van der Waals surface area contributed by atoms with Crippen molar-refractivity contribution in [3.8, 4) is 0 Å². The molecule has 1 unspecified atom stereocenters. The molecule has 3 heterocycles. The standard InChI is InChI=1S/C15H24N4O/c1-2-13-5-3-4-8-19(13)15-16-7-6-14(17-15)18-9-11-20-12-10-18/h6-7,13H,2-5,8-12H2,1H3. The SMILES string of the molecule is CCC1CCCCN1c1nccc(N2CCOCC2)n1. The maximum Gasteiger partial charge on any atom is 0.227 e. The first-order valence-electron chi connectivity index (χ1n) is 7.81. The molecule has 110 valence electrons. The predicted molar refractivity (Wildman–Crippen MR) is 80.3 cm³/mol. The van der Waals surface area contributed by atoms with Crippen molar-refractivity contribution in [3.05, 3.63) is 12.3 Å². The highest BCUT2D eigenvalue weighted by Gasteiger charge is 2.23. The van der Waals surface area contributed by atoms with Crippen molar-refractivity contribution in [3.63, 3.8) is 0 Å². The van der Waals surface area contributed by atoms with E-state index in [-0.39, 0.29) is 0 Å². The minimum atomic E-state index is 0.601. The van der Waals surface area contributed by atoms with Gasteiger partial charge in [0.2, 0.25) is 5.95 Å². The molecule has 0 bridgehead atoms. The molecule has 1 aromatic rings. The highest BCUT2D eigenvalue weighted by Crippen LogP contribution is 2.25. The zero-order valence-corrected chi connectivity index (χ0v) is 12.3. The molecule has 2 aliphatic heterocycles. The Balaban J connectivity index is 1.79. The van der Waals surface area contributed by atoms with Crippen molar-refractivity contribution in [2.24, 2.45) is 0 Å². The summed E-state index contributed by atoms with van der Waals surface area (Å²) in [5.41, 5.74) is 0. The number of hydrogen-bond acceptors (Lipinski definition) is 5. The van der Waals surface area contributed by atoms with Gasteiger partial charge in [-0.2, -0.15) is 4.98 Å². The Morgan fingerprint density at radius 3 is 2.90 bits per heavy atom. The Kier molecular flexibility index (Phi) is 4.35. The van der Waals surface area contributed by atoms with E-state index in [1.165, 1.54) is 25.7 Å². The third kappa shape index (κ3) is 2.87. The van der Waals surface area contributed by atoms with Gasteiger partial charge in [-0.25, -0.2) is 4.98 Å². The molecular weight excluding hydrogens is 252 g/mol. The second kappa shape index (κ2) is 6.39. The van der Waals surface area contributed by atoms with Gasteiger partial charge in [-0.3, -0.25) is 0 Å². The molecule has 0 saturated carbocycles. The summed E-state index contributed by atoms with van der Waals surface area (Å²) in [6.07, 6.45) is 6.92. The average Bonchev–Trinajstić information content (AvgIpc) is 2.56. The van der Waals surface area contributed by atoms with Crippen LogP contribution in [0.4, 0.5) is 11.8 Å². The number of aromatic nitrogens is 2. The van der Waals surface area contributed by atoms with E-state index in [4.69, 9.17) is 9.72 Å². The lowest BCUT2D eigenvalue weighted by molar-refractivity contribution is 0.122. The fourth-order valence-corrected chi connectivity index (χ4v) is 3.13. The summed E-state index contributed by atoms with van der Waals surface area (Å²) >= 11 is 0. The number of piperidine rings is 1. The summed E-state index contributed by atoms with van der Waals surface area (Å²) in [4.78, 5) is 14.0. The normalized spacial score (nSPS) is 23.9. The van der Waals surface area contributed by atoms with E-state index in [0.717, 1.165) is 44.6 Å². The minimum Gasteiger partial charge on any atom is -0.378 e. The van der Waals surface area contributed by atoms with Crippen molar-refractivity contribution in [1.29, 1.82) is 0 Å². The zero-order chi connectivity index (χ0) is 13.8. The first kappa shape index (κ1) is 13.6.